The predicted octanol–water partition coefficient (Wildman–Crippen LogP) is 4.82. The van der Waals surface area contributed by atoms with Gasteiger partial charge in [-0.1, -0.05) is 93.9 Å². The van der Waals surface area contributed by atoms with Crippen molar-refractivity contribution < 1.29 is 29.3 Å². The van der Waals surface area contributed by atoms with Crippen LogP contribution in [-0.4, -0.2) is 34.4 Å². The quantitative estimate of drug-likeness (QED) is 0.333. The van der Waals surface area contributed by atoms with Crippen LogP contribution in [0.4, 0.5) is 0 Å². The van der Waals surface area contributed by atoms with Gasteiger partial charge in [0.1, 0.15) is 0 Å². The molecule has 178 valence electrons. The van der Waals surface area contributed by atoms with Gasteiger partial charge in [0, 0.05) is 5.57 Å². The lowest BCUT2D eigenvalue weighted by Crippen LogP contribution is -2.26. The maximum absolute atomic E-state index is 12.7. The molecule has 33 heavy (non-hydrogen) atoms. The molecule has 0 radical (unpaired) electrons. The second kappa shape index (κ2) is 13.6. The van der Waals surface area contributed by atoms with Gasteiger partial charge in [0.05, 0.1) is 18.6 Å². The van der Waals surface area contributed by atoms with Crippen LogP contribution in [0, 0.1) is 0 Å². The summed E-state index contributed by atoms with van der Waals surface area (Å²) in [5, 5.41) is 21.0. The lowest BCUT2D eigenvalue weighted by Gasteiger charge is -2.25. The number of hydrogen-bond donors (Lipinski definition) is 2. The van der Waals surface area contributed by atoms with Crippen LogP contribution in [-0.2, 0) is 19.1 Å². The Kier molecular flexibility index (Phi) is 10.8. The molecule has 0 saturated carbocycles. The summed E-state index contributed by atoms with van der Waals surface area (Å²) in [7, 11) is 0. The zero-order valence-corrected chi connectivity index (χ0v) is 19.4. The molecule has 6 heteroatoms. The Labute approximate surface area is 195 Å². The highest BCUT2D eigenvalue weighted by molar-refractivity contribution is 5.93. The molecule has 2 rings (SSSR count). The van der Waals surface area contributed by atoms with Gasteiger partial charge in [-0.3, -0.25) is 4.79 Å². The molecular weight excluding hydrogens is 420 g/mol. The fourth-order valence-corrected chi connectivity index (χ4v) is 3.55. The third-order valence-electron chi connectivity index (χ3n) is 5.26. The second-order valence-corrected chi connectivity index (χ2v) is 8.05. The fourth-order valence-electron chi connectivity index (χ4n) is 3.55. The summed E-state index contributed by atoms with van der Waals surface area (Å²) in [5.41, 5.74) is 1.25. The van der Waals surface area contributed by atoms with Crippen LogP contribution in [0.5, 0.6) is 0 Å². The molecule has 2 aromatic carbocycles. The number of carbonyl (C=O) groups excluding carboxylic acids is 2. The highest BCUT2D eigenvalue weighted by Gasteiger charge is 2.28. The van der Waals surface area contributed by atoms with Gasteiger partial charge >= 0.3 is 11.9 Å². The number of aliphatic hydroxyl groups excluding tert-OH is 2. The molecule has 6 nitrogen and oxygen atoms in total. The maximum Gasteiger partial charge on any atom is 0.334 e. The van der Waals surface area contributed by atoms with Gasteiger partial charge in [-0.05, 0) is 24.0 Å². The molecule has 0 heterocycles. The smallest absolute Gasteiger partial charge is 0.334 e. The van der Waals surface area contributed by atoms with Gasteiger partial charge in [-0.15, -0.1) is 0 Å². The Hall–Kier alpha value is -2.96. The van der Waals surface area contributed by atoms with Crippen molar-refractivity contribution in [3.8, 4) is 0 Å². The van der Waals surface area contributed by atoms with Crippen LogP contribution >= 0.6 is 0 Å². The van der Waals surface area contributed by atoms with Gasteiger partial charge in [-0.2, -0.15) is 0 Å². The first-order valence-corrected chi connectivity index (χ1v) is 11.4. The van der Waals surface area contributed by atoms with Crippen molar-refractivity contribution in [1.29, 1.82) is 0 Å². The maximum atomic E-state index is 12.7. The van der Waals surface area contributed by atoms with Crippen molar-refractivity contribution in [2.24, 2.45) is 0 Å². The van der Waals surface area contributed by atoms with Crippen LogP contribution in [0.25, 0.3) is 0 Å². The van der Waals surface area contributed by atoms with E-state index in [-0.39, 0.29) is 12.0 Å². The molecule has 0 amide bonds. The monoisotopic (exact) mass is 454 g/mol. The Balaban J connectivity index is 2.05. The van der Waals surface area contributed by atoms with Crippen LogP contribution in [0.3, 0.4) is 0 Å². The van der Waals surface area contributed by atoms with E-state index < -0.39 is 36.4 Å². The van der Waals surface area contributed by atoms with Gasteiger partial charge in [0.15, 0.2) is 12.2 Å². The van der Waals surface area contributed by atoms with Gasteiger partial charge < -0.3 is 19.7 Å². The molecule has 0 aliphatic carbocycles. The molecule has 2 aromatic rings. The highest BCUT2D eigenvalue weighted by atomic mass is 16.6. The summed E-state index contributed by atoms with van der Waals surface area (Å²) < 4.78 is 11.1. The summed E-state index contributed by atoms with van der Waals surface area (Å²) in [5.74, 6) is -1.47. The first-order valence-electron chi connectivity index (χ1n) is 11.4. The zero-order valence-electron chi connectivity index (χ0n) is 19.4. The molecular formula is C27H34O6. The minimum Gasteiger partial charge on any atom is -0.454 e. The van der Waals surface area contributed by atoms with Crippen molar-refractivity contribution in [2.45, 2.75) is 70.4 Å². The lowest BCUT2D eigenvalue weighted by molar-refractivity contribution is -0.158. The lowest BCUT2D eigenvalue weighted by atomic mass is 10.0. The predicted molar refractivity (Wildman–Crippen MR) is 126 cm³/mol. The van der Waals surface area contributed by atoms with E-state index in [1.165, 1.54) is 0 Å². The van der Waals surface area contributed by atoms with E-state index in [9.17, 15) is 19.8 Å². The number of rotatable bonds is 13. The minimum absolute atomic E-state index is 0.0820. The normalized spacial score (nSPS) is 14.5. The number of aliphatic hydroxyl groups is 2. The largest absolute Gasteiger partial charge is 0.454 e. The molecule has 0 saturated heterocycles. The molecule has 0 fully saturated rings. The average Bonchev–Trinajstić information content (AvgIpc) is 2.82. The van der Waals surface area contributed by atoms with Crippen molar-refractivity contribution in [1.82, 2.24) is 0 Å². The fraction of sp³-hybridized carbons (Fsp3) is 0.407. The number of ether oxygens (including phenoxy) is 2. The van der Waals surface area contributed by atoms with Crippen LogP contribution in [0.2, 0.25) is 0 Å². The summed E-state index contributed by atoms with van der Waals surface area (Å²) >= 11 is 0. The third-order valence-corrected chi connectivity index (χ3v) is 5.26. The Bertz CT molecular complexity index is 880. The first-order chi connectivity index (χ1) is 15.9. The number of esters is 2. The van der Waals surface area contributed by atoms with Gasteiger partial charge in [0.2, 0.25) is 0 Å². The molecule has 0 aliphatic heterocycles. The van der Waals surface area contributed by atoms with Crippen LogP contribution in [0.1, 0.15) is 69.3 Å². The van der Waals surface area contributed by atoms with Crippen molar-refractivity contribution >= 4 is 11.9 Å². The molecule has 0 bridgehead atoms. The number of carbonyl (C=O) groups is 2. The molecule has 2 N–H and O–H groups in total. The Morgan fingerprint density at radius 1 is 0.788 bits per heavy atom. The highest BCUT2D eigenvalue weighted by Crippen LogP contribution is 2.27. The number of benzene rings is 2. The summed E-state index contributed by atoms with van der Waals surface area (Å²) in [6.45, 7) is 7.55. The van der Waals surface area contributed by atoms with Crippen molar-refractivity contribution in [2.75, 3.05) is 0 Å². The summed E-state index contributed by atoms with van der Waals surface area (Å²) in [4.78, 5) is 25.3. The summed E-state index contributed by atoms with van der Waals surface area (Å²) in [6.07, 6.45) is -1.48. The second-order valence-electron chi connectivity index (χ2n) is 8.05. The molecule has 4 unspecified atom stereocenters. The average molecular weight is 455 g/mol. The zero-order chi connectivity index (χ0) is 24.2. The number of hydrogen-bond acceptors (Lipinski definition) is 6. The van der Waals surface area contributed by atoms with Gasteiger partial charge in [-0.25, -0.2) is 4.79 Å². The van der Waals surface area contributed by atoms with Crippen LogP contribution in [0.15, 0.2) is 72.8 Å². The minimum atomic E-state index is -0.882. The standard InChI is InChI=1S/C27H34O6/c1-4-12-22(28)25(20-14-8-6-9-15-20)32-24(30)18-19(3)27(31)33-26(23(29)13-5-2)21-16-10-7-11-17-21/h6-11,14-17,22-23,25-26,28-29H,3-5,12-13,18H2,1-2H3. The van der Waals surface area contributed by atoms with E-state index in [4.69, 9.17) is 9.47 Å². The molecule has 0 spiro atoms. The van der Waals surface area contributed by atoms with E-state index in [1.54, 1.807) is 48.5 Å². The topological polar surface area (TPSA) is 93.1 Å². The first kappa shape index (κ1) is 26.3. The van der Waals surface area contributed by atoms with Crippen LogP contribution < -0.4 is 0 Å². The van der Waals surface area contributed by atoms with E-state index in [0.717, 1.165) is 12.8 Å². The third kappa shape index (κ3) is 8.15. The van der Waals surface area contributed by atoms with E-state index in [0.29, 0.717) is 24.0 Å². The Morgan fingerprint density at radius 3 is 1.64 bits per heavy atom. The van der Waals surface area contributed by atoms with Gasteiger partial charge in [0.25, 0.3) is 0 Å². The molecule has 0 aliphatic rings. The van der Waals surface area contributed by atoms with E-state index in [2.05, 4.69) is 6.58 Å². The van der Waals surface area contributed by atoms with E-state index in [1.807, 2.05) is 26.0 Å². The Morgan fingerprint density at radius 2 is 1.21 bits per heavy atom. The van der Waals surface area contributed by atoms with E-state index >= 15 is 0 Å². The van der Waals surface area contributed by atoms with Crippen molar-refractivity contribution in [3.63, 3.8) is 0 Å². The van der Waals surface area contributed by atoms with Crippen molar-refractivity contribution in [3.05, 3.63) is 83.9 Å². The molecule has 0 aromatic heterocycles. The summed E-state index contributed by atoms with van der Waals surface area (Å²) in [6, 6.07) is 18.0. The molecule has 4 atom stereocenters. The SMILES string of the molecule is C=C(CC(=O)OC(c1ccccc1)C(O)CCC)C(=O)OC(c1ccccc1)C(O)CCC.